The van der Waals surface area contributed by atoms with Crippen molar-refractivity contribution in [1.29, 1.82) is 0 Å². The van der Waals surface area contributed by atoms with Crippen LogP contribution in [0.1, 0.15) is 37.8 Å². The minimum absolute atomic E-state index is 0.102. The second-order valence-corrected chi connectivity index (χ2v) is 10.3. The minimum atomic E-state index is -0.651. The smallest absolute Gasteiger partial charge is 0.243 e. The maximum atomic E-state index is 13.6. The summed E-state index contributed by atoms with van der Waals surface area (Å²) in [5.74, 6) is 0.740. The molecule has 3 rings (SSSR count). The minimum Gasteiger partial charge on any atom is -0.494 e. The Balaban J connectivity index is 1.77. The molecule has 0 aromatic heterocycles. The van der Waals surface area contributed by atoms with E-state index in [1.165, 1.54) is 0 Å². The lowest BCUT2D eigenvalue weighted by Gasteiger charge is -2.32. The number of benzene rings is 3. The number of carbonyl (C=O) groups excluding carboxylic acids is 2. The van der Waals surface area contributed by atoms with Gasteiger partial charge in [-0.15, -0.1) is 0 Å². The van der Waals surface area contributed by atoms with Crippen LogP contribution in [-0.2, 0) is 22.6 Å². The van der Waals surface area contributed by atoms with Gasteiger partial charge in [-0.2, -0.15) is 0 Å². The summed E-state index contributed by atoms with van der Waals surface area (Å²) in [6.45, 7) is 5.32. The number of hydrogen-bond acceptors (Lipinski definition) is 3. The maximum Gasteiger partial charge on any atom is 0.243 e. The summed E-state index contributed by atoms with van der Waals surface area (Å²) in [7, 11) is 0. The SMILES string of the molecule is CC(C)CNC(=O)[C@@H](Cc1ccccc1)N(Cc1ccc(Cl)cc1)C(=O)CCCOc1ccc(Cl)cc1. The van der Waals surface area contributed by atoms with E-state index >= 15 is 0 Å². The van der Waals surface area contributed by atoms with E-state index in [0.717, 1.165) is 11.1 Å². The first kappa shape index (κ1) is 28.5. The second-order valence-electron chi connectivity index (χ2n) is 9.40. The standard InChI is InChI=1S/C30H34Cl2N2O3/c1-22(2)20-33-30(36)28(19-23-7-4-3-5-8-23)34(21-24-10-12-25(31)13-11-24)29(35)9-6-18-37-27-16-14-26(32)15-17-27/h3-5,7-8,10-17,22,28H,6,9,18-21H2,1-2H3,(H,33,36)/t28-/m1/s1. The lowest BCUT2D eigenvalue weighted by Crippen LogP contribution is -2.51. The van der Waals surface area contributed by atoms with Crippen molar-refractivity contribution in [2.24, 2.45) is 5.92 Å². The molecular weight excluding hydrogens is 507 g/mol. The van der Waals surface area contributed by atoms with Crippen molar-refractivity contribution in [2.75, 3.05) is 13.2 Å². The van der Waals surface area contributed by atoms with E-state index in [1.54, 1.807) is 41.3 Å². The largest absolute Gasteiger partial charge is 0.494 e. The fraction of sp³-hybridized carbons (Fsp3) is 0.333. The zero-order valence-corrected chi connectivity index (χ0v) is 22.8. The van der Waals surface area contributed by atoms with Crippen molar-refractivity contribution in [2.45, 2.75) is 45.7 Å². The van der Waals surface area contributed by atoms with Crippen LogP contribution in [0.25, 0.3) is 0 Å². The molecule has 0 fully saturated rings. The van der Waals surface area contributed by atoms with Crippen LogP contribution in [0.15, 0.2) is 78.9 Å². The van der Waals surface area contributed by atoms with Crippen molar-refractivity contribution >= 4 is 35.0 Å². The van der Waals surface area contributed by atoms with Gasteiger partial charge >= 0.3 is 0 Å². The van der Waals surface area contributed by atoms with Crippen molar-refractivity contribution in [1.82, 2.24) is 10.2 Å². The van der Waals surface area contributed by atoms with Gasteiger partial charge in [0.05, 0.1) is 6.61 Å². The summed E-state index contributed by atoms with van der Waals surface area (Å²) in [5.41, 5.74) is 1.90. The van der Waals surface area contributed by atoms with Gasteiger partial charge in [0.15, 0.2) is 0 Å². The molecule has 2 amide bonds. The first-order valence-electron chi connectivity index (χ1n) is 12.6. The van der Waals surface area contributed by atoms with Crippen LogP contribution in [-0.4, -0.2) is 35.9 Å². The fourth-order valence-corrected chi connectivity index (χ4v) is 4.10. The lowest BCUT2D eigenvalue weighted by molar-refractivity contribution is -0.141. The summed E-state index contributed by atoms with van der Waals surface area (Å²) >= 11 is 12.0. The molecule has 0 saturated heterocycles. The van der Waals surface area contributed by atoms with Gasteiger partial charge in [-0.25, -0.2) is 0 Å². The molecule has 0 aliphatic carbocycles. The average Bonchev–Trinajstić information content (AvgIpc) is 2.89. The molecule has 3 aromatic carbocycles. The third-order valence-electron chi connectivity index (χ3n) is 5.84. The number of ether oxygens (including phenoxy) is 1. The zero-order valence-electron chi connectivity index (χ0n) is 21.3. The summed E-state index contributed by atoms with van der Waals surface area (Å²) < 4.78 is 5.77. The van der Waals surface area contributed by atoms with Crippen LogP contribution in [0.5, 0.6) is 5.75 Å². The van der Waals surface area contributed by atoms with E-state index in [9.17, 15) is 9.59 Å². The summed E-state index contributed by atoms with van der Waals surface area (Å²) in [4.78, 5) is 28.7. The Morgan fingerprint density at radius 2 is 1.49 bits per heavy atom. The average molecular weight is 542 g/mol. The Bertz CT molecular complexity index is 1120. The van der Waals surface area contributed by atoms with Gasteiger partial charge in [0.25, 0.3) is 0 Å². The van der Waals surface area contributed by atoms with Gasteiger partial charge in [-0.05, 0) is 59.9 Å². The van der Waals surface area contributed by atoms with E-state index in [1.807, 2.05) is 56.3 Å². The Hall–Kier alpha value is -3.02. The van der Waals surface area contributed by atoms with Gasteiger partial charge in [0, 0.05) is 36.0 Å². The van der Waals surface area contributed by atoms with Crippen molar-refractivity contribution in [3.63, 3.8) is 0 Å². The van der Waals surface area contributed by atoms with E-state index < -0.39 is 6.04 Å². The molecule has 3 aromatic rings. The van der Waals surface area contributed by atoms with Crippen LogP contribution in [0, 0.1) is 5.92 Å². The molecule has 0 unspecified atom stereocenters. The van der Waals surface area contributed by atoms with E-state index in [2.05, 4.69) is 5.32 Å². The maximum absolute atomic E-state index is 13.6. The second kappa shape index (κ2) is 14.7. The van der Waals surface area contributed by atoms with Crippen LogP contribution in [0.2, 0.25) is 10.0 Å². The number of nitrogens with one attached hydrogen (secondary N) is 1. The number of halogens is 2. The number of rotatable bonds is 13. The van der Waals surface area contributed by atoms with Crippen molar-refractivity contribution in [3.05, 3.63) is 100 Å². The summed E-state index contributed by atoms with van der Waals surface area (Å²) in [6.07, 6.45) is 1.19. The Labute approximate surface area is 229 Å². The molecule has 0 aliphatic rings. The highest BCUT2D eigenvalue weighted by Gasteiger charge is 2.30. The third-order valence-corrected chi connectivity index (χ3v) is 6.34. The molecule has 0 radical (unpaired) electrons. The quantitative estimate of drug-likeness (QED) is 0.249. The number of hydrogen-bond donors (Lipinski definition) is 1. The highest BCUT2D eigenvalue weighted by molar-refractivity contribution is 6.30. The number of carbonyl (C=O) groups is 2. The number of amides is 2. The molecule has 0 spiro atoms. The molecular formula is C30H34Cl2N2O3. The van der Waals surface area contributed by atoms with Crippen molar-refractivity contribution in [3.8, 4) is 5.75 Å². The molecule has 37 heavy (non-hydrogen) atoms. The molecule has 0 aliphatic heterocycles. The molecule has 0 heterocycles. The van der Waals surface area contributed by atoms with Gasteiger partial charge in [-0.3, -0.25) is 9.59 Å². The van der Waals surface area contributed by atoms with Gasteiger partial charge in [0.2, 0.25) is 11.8 Å². The molecule has 0 saturated carbocycles. The Kier molecular flexibility index (Phi) is 11.3. The molecule has 1 N–H and O–H groups in total. The number of nitrogens with zero attached hydrogens (tertiary/aromatic N) is 1. The van der Waals surface area contributed by atoms with Crippen LogP contribution < -0.4 is 10.1 Å². The highest BCUT2D eigenvalue weighted by Crippen LogP contribution is 2.19. The summed E-state index contributed by atoms with van der Waals surface area (Å²) in [5, 5.41) is 4.30. The van der Waals surface area contributed by atoms with Crippen LogP contribution >= 0.6 is 23.2 Å². The molecule has 0 bridgehead atoms. The van der Waals surface area contributed by atoms with Gasteiger partial charge in [0.1, 0.15) is 11.8 Å². The van der Waals surface area contributed by atoms with E-state index in [4.69, 9.17) is 27.9 Å². The zero-order chi connectivity index (χ0) is 26.6. The monoisotopic (exact) mass is 540 g/mol. The molecule has 196 valence electrons. The first-order chi connectivity index (χ1) is 17.8. The Morgan fingerprint density at radius 1 is 0.865 bits per heavy atom. The molecule has 5 nitrogen and oxygen atoms in total. The Morgan fingerprint density at radius 3 is 2.11 bits per heavy atom. The van der Waals surface area contributed by atoms with Crippen LogP contribution in [0.3, 0.4) is 0 Å². The van der Waals surface area contributed by atoms with Crippen molar-refractivity contribution < 1.29 is 14.3 Å². The predicted molar refractivity (Wildman–Crippen MR) is 150 cm³/mol. The van der Waals surface area contributed by atoms with Gasteiger partial charge in [-0.1, -0.05) is 79.5 Å². The third kappa shape index (κ3) is 9.75. The summed E-state index contributed by atoms with van der Waals surface area (Å²) in [6, 6.07) is 23.6. The first-order valence-corrected chi connectivity index (χ1v) is 13.3. The van der Waals surface area contributed by atoms with E-state index in [-0.39, 0.29) is 18.2 Å². The normalized spacial score (nSPS) is 11.7. The van der Waals surface area contributed by atoms with E-state index in [0.29, 0.717) is 54.3 Å². The van der Waals surface area contributed by atoms with Gasteiger partial charge < -0.3 is 15.0 Å². The predicted octanol–water partition coefficient (Wildman–Crippen LogP) is 6.56. The van der Waals surface area contributed by atoms with Crippen LogP contribution in [0.4, 0.5) is 0 Å². The fourth-order valence-electron chi connectivity index (χ4n) is 3.85. The molecule has 7 heteroatoms. The topological polar surface area (TPSA) is 58.6 Å². The lowest BCUT2D eigenvalue weighted by atomic mass is 10.0. The molecule has 1 atom stereocenters. The highest BCUT2D eigenvalue weighted by atomic mass is 35.5.